The van der Waals surface area contributed by atoms with E-state index in [-0.39, 0.29) is 11.9 Å². The molecule has 1 unspecified atom stereocenters. The molecule has 2 aromatic rings. The van der Waals surface area contributed by atoms with Gasteiger partial charge in [-0.25, -0.2) is 4.79 Å². The number of fused-ring (bicyclic) bond motifs is 1. The van der Waals surface area contributed by atoms with Gasteiger partial charge in [0, 0.05) is 23.9 Å². The molecule has 1 aliphatic heterocycles. The molecule has 1 atom stereocenters. The molecule has 7 nitrogen and oxygen atoms in total. The highest BCUT2D eigenvalue weighted by Crippen LogP contribution is 2.48. The van der Waals surface area contributed by atoms with Crippen molar-refractivity contribution in [2.75, 3.05) is 26.6 Å². The van der Waals surface area contributed by atoms with Gasteiger partial charge in [-0.3, -0.25) is 4.68 Å². The number of carbonyl (C=O) groups excluding carboxylic acids is 1. The monoisotopic (exact) mass is 385 g/mol. The lowest BCUT2D eigenvalue weighted by atomic mass is 9.80. The molecule has 28 heavy (non-hydrogen) atoms. The molecule has 3 rings (SSSR count). The zero-order valence-electron chi connectivity index (χ0n) is 17.3. The first-order chi connectivity index (χ1) is 13.5. The minimum Gasteiger partial charge on any atom is -0.493 e. The first kappa shape index (κ1) is 19.8. The molecule has 0 saturated heterocycles. The fourth-order valence-electron chi connectivity index (χ4n) is 3.91. The van der Waals surface area contributed by atoms with E-state index in [0.717, 1.165) is 41.2 Å². The maximum absolute atomic E-state index is 12.8. The topological polar surface area (TPSA) is 74.6 Å². The number of carbonyl (C=O) groups is 1. The van der Waals surface area contributed by atoms with E-state index in [1.54, 1.807) is 14.2 Å². The minimum absolute atomic E-state index is 0.371. The highest BCUT2D eigenvalue weighted by molar-refractivity contribution is 5.95. The number of aryl methyl sites for hydroxylation is 2. The molecule has 1 aromatic carbocycles. The van der Waals surface area contributed by atoms with Gasteiger partial charge in [0.2, 0.25) is 0 Å². The van der Waals surface area contributed by atoms with Gasteiger partial charge in [-0.05, 0) is 19.4 Å². The Morgan fingerprint density at radius 1 is 1.25 bits per heavy atom. The molecular weight excluding hydrogens is 358 g/mol. The second-order valence-electron chi connectivity index (χ2n) is 6.75. The summed E-state index contributed by atoms with van der Waals surface area (Å²) in [6.45, 7) is 3.99. The van der Waals surface area contributed by atoms with E-state index in [4.69, 9.17) is 19.3 Å². The fourth-order valence-corrected chi connectivity index (χ4v) is 3.91. The molecule has 0 amide bonds. The van der Waals surface area contributed by atoms with E-state index in [0.29, 0.717) is 17.1 Å². The molecule has 0 radical (unpaired) electrons. The average Bonchev–Trinajstić information content (AvgIpc) is 3.01. The zero-order chi connectivity index (χ0) is 20.4. The van der Waals surface area contributed by atoms with E-state index in [1.807, 2.05) is 36.9 Å². The van der Waals surface area contributed by atoms with Gasteiger partial charge in [0.1, 0.15) is 5.82 Å². The number of nitrogens with zero attached hydrogens (tertiary/aromatic N) is 2. The highest BCUT2D eigenvalue weighted by Gasteiger charge is 2.39. The summed E-state index contributed by atoms with van der Waals surface area (Å²) in [5.41, 5.74) is 4.06. The number of para-hydroxylation sites is 1. The van der Waals surface area contributed by atoms with Crippen molar-refractivity contribution in [3.05, 3.63) is 46.3 Å². The summed E-state index contributed by atoms with van der Waals surface area (Å²) in [4.78, 5) is 12.8. The Morgan fingerprint density at radius 2 is 2.00 bits per heavy atom. The number of esters is 1. The molecule has 2 heterocycles. The Kier molecular flexibility index (Phi) is 5.63. The standard InChI is InChI=1S/C21H27N3O4/c1-7-9-14-18-17(13-10-8-11-15(26-4)19(13)27-5)16(21(25)28-6)12(2)22-20(18)24(3)23-14/h8,10-11,17,22H,7,9H2,1-6H3. The minimum atomic E-state index is -0.378. The first-order valence-electron chi connectivity index (χ1n) is 9.31. The van der Waals surface area contributed by atoms with Crippen LogP contribution in [0.15, 0.2) is 29.5 Å². The van der Waals surface area contributed by atoms with Crippen molar-refractivity contribution in [2.45, 2.75) is 32.6 Å². The van der Waals surface area contributed by atoms with Crippen LogP contribution in [0.2, 0.25) is 0 Å². The molecule has 0 bridgehead atoms. The van der Waals surface area contributed by atoms with E-state index in [1.165, 1.54) is 7.11 Å². The second kappa shape index (κ2) is 7.96. The SMILES string of the molecule is CCCc1nn(C)c2c1C(c1cccc(OC)c1OC)C(C(=O)OC)=C(C)N2. The first-order valence-corrected chi connectivity index (χ1v) is 9.31. The molecule has 0 saturated carbocycles. The van der Waals surface area contributed by atoms with E-state index < -0.39 is 0 Å². The largest absolute Gasteiger partial charge is 0.493 e. The number of hydrogen-bond donors (Lipinski definition) is 1. The Balaban J connectivity index is 2.34. The van der Waals surface area contributed by atoms with E-state index in [2.05, 4.69) is 12.2 Å². The summed E-state index contributed by atoms with van der Waals surface area (Å²) < 4.78 is 18.1. The van der Waals surface area contributed by atoms with Crippen molar-refractivity contribution in [2.24, 2.45) is 7.05 Å². The Morgan fingerprint density at radius 3 is 2.61 bits per heavy atom. The molecular formula is C21H27N3O4. The van der Waals surface area contributed by atoms with Gasteiger partial charge in [0.25, 0.3) is 0 Å². The lowest BCUT2D eigenvalue weighted by Crippen LogP contribution is -2.25. The van der Waals surface area contributed by atoms with Crippen LogP contribution in [0.25, 0.3) is 0 Å². The summed E-state index contributed by atoms with van der Waals surface area (Å²) in [6.07, 6.45) is 1.75. The van der Waals surface area contributed by atoms with Crippen LogP contribution in [0, 0.1) is 0 Å². The van der Waals surface area contributed by atoms with Crippen LogP contribution in [0.3, 0.4) is 0 Å². The molecule has 0 spiro atoms. The second-order valence-corrected chi connectivity index (χ2v) is 6.75. The zero-order valence-corrected chi connectivity index (χ0v) is 17.3. The maximum atomic E-state index is 12.8. The number of nitrogens with one attached hydrogen (secondary N) is 1. The Labute approximate surface area is 165 Å². The van der Waals surface area contributed by atoms with Gasteiger partial charge in [0.15, 0.2) is 11.5 Å². The third-order valence-corrected chi connectivity index (χ3v) is 5.08. The van der Waals surface area contributed by atoms with Crippen LogP contribution in [0.4, 0.5) is 5.82 Å². The molecule has 0 aliphatic carbocycles. The van der Waals surface area contributed by atoms with Gasteiger partial charge in [-0.2, -0.15) is 5.10 Å². The smallest absolute Gasteiger partial charge is 0.336 e. The molecule has 150 valence electrons. The van der Waals surface area contributed by atoms with Crippen LogP contribution in [0.5, 0.6) is 11.5 Å². The van der Waals surface area contributed by atoms with Crippen molar-refractivity contribution >= 4 is 11.8 Å². The van der Waals surface area contributed by atoms with Crippen LogP contribution in [0.1, 0.15) is 43.0 Å². The third-order valence-electron chi connectivity index (χ3n) is 5.08. The van der Waals surface area contributed by atoms with Gasteiger partial charge in [0.05, 0.1) is 38.5 Å². The van der Waals surface area contributed by atoms with Gasteiger partial charge in [-0.1, -0.05) is 25.5 Å². The lowest BCUT2D eigenvalue weighted by Gasteiger charge is -2.29. The quantitative estimate of drug-likeness (QED) is 0.769. The van der Waals surface area contributed by atoms with Crippen molar-refractivity contribution in [3.8, 4) is 11.5 Å². The lowest BCUT2D eigenvalue weighted by molar-refractivity contribution is -0.136. The molecule has 1 N–H and O–H groups in total. The Hall–Kier alpha value is -2.96. The van der Waals surface area contributed by atoms with Crippen molar-refractivity contribution < 1.29 is 19.0 Å². The van der Waals surface area contributed by atoms with Crippen LogP contribution < -0.4 is 14.8 Å². The van der Waals surface area contributed by atoms with Crippen LogP contribution in [-0.4, -0.2) is 37.1 Å². The number of hydrogen-bond acceptors (Lipinski definition) is 6. The van der Waals surface area contributed by atoms with Crippen molar-refractivity contribution in [1.82, 2.24) is 9.78 Å². The predicted octanol–water partition coefficient (Wildman–Crippen LogP) is 3.39. The number of aromatic nitrogens is 2. The summed E-state index contributed by atoms with van der Waals surface area (Å²) in [5, 5.41) is 8.06. The normalized spacial score (nSPS) is 15.7. The van der Waals surface area contributed by atoms with Crippen LogP contribution >= 0.6 is 0 Å². The molecule has 1 aromatic heterocycles. The maximum Gasteiger partial charge on any atom is 0.336 e. The number of allylic oxidation sites excluding steroid dienone is 1. The number of anilines is 1. The Bertz CT molecular complexity index is 930. The number of methoxy groups -OCH3 is 3. The summed E-state index contributed by atoms with van der Waals surface area (Å²) >= 11 is 0. The van der Waals surface area contributed by atoms with E-state index >= 15 is 0 Å². The third kappa shape index (κ3) is 3.10. The van der Waals surface area contributed by atoms with Gasteiger partial charge in [-0.15, -0.1) is 0 Å². The number of ether oxygens (including phenoxy) is 3. The predicted molar refractivity (Wildman–Crippen MR) is 107 cm³/mol. The number of benzene rings is 1. The fraction of sp³-hybridized carbons (Fsp3) is 0.429. The molecule has 7 heteroatoms. The van der Waals surface area contributed by atoms with Crippen molar-refractivity contribution in [3.63, 3.8) is 0 Å². The van der Waals surface area contributed by atoms with E-state index in [9.17, 15) is 4.79 Å². The van der Waals surface area contributed by atoms with Crippen molar-refractivity contribution in [1.29, 1.82) is 0 Å². The number of rotatable bonds is 6. The molecule has 0 fully saturated rings. The summed E-state index contributed by atoms with van der Waals surface area (Å²) in [7, 11) is 6.51. The highest BCUT2D eigenvalue weighted by atomic mass is 16.5. The summed E-state index contributed by atoms with van der Waals surface area (Å²) in [5.74, 6) is 1.34. The van der Waals surface area contributed by atoms with Gasteiger partial charge < -0.3 is 19.5 Å². The average molecular weight is 385 g/mol. The van der Waals surface area contributed by atoms with Crippen LogP contribution in [-0.2, 0) is 23.0 Å². The summed E-state index contributed by atoms with van der Waals surface area (Å²) in [6, 6.07) is 5.70. The van der Waals surface area contributed by atoms with Gasteiger partial charge >= 0.3 is 5.97 Å². The molecule has 1 aliphatic rings.